The van der Waals surface area contributed by atoms with Crippen LogP contribution in [0.4, 0.5) is 10.8 Å². The maximum Gasteiger partial charge on any atom is 0.338 e. The average molecular weight is 522 g/mol. The fraction of sp³-hybridized carbons (Fsp3) is 0.333. The monoisotopic (exact) mass is 521 g/mol. The molecule has 2 N–H and O–H groups in total. The van der Waals surface area contributed by atoms with Crippen molar-refractivity contribution >= 4 is 39.9 Å². The fourth-order valence-electron chi connectivity index (χ4n) is 4.25. The smallest absolute Gasteiger partial charge is 0.338 e. The molecule has 2 aromatic carbocycles. The van der Waals surface area contributed by atoms with Gasteiger partial charge in [0.05, 0.1) is 23.8 Å². The number of thiazole rings is 1. The molecular formula is C27H27N3O6S. The predicted octanol–water partition coefficient (Wildman–Crippen LogP) is 5.14. The standard InChI is InChI=1S/C27H27N3O6S/c1-2-3-13-34-26(33)16-7-10-18(11-8-16)28-25(32)19-5-4-6-22-23(19)29-27(37-22)30-24(31)17-9-12-20-21(14-17)36-15-35-20/h7-12,14,19H,2-6,13,15H2,1H3,(H,28,32)(H,29,30,31). The van der Waals surface area contributed by atoms with Crippen LogP contribution in [0.5, 0.6) is 11.5 Å². The Morgan fingerprint density at radius 2 is 1.84 bits per heavy atom. The number of carbonyl (C=O) groups is 3. The zero-order valence-corrected chi connectivity index (χ0v) is 21.2. The molecule has 0 radical (unpaired) electrons. The van der Waals surface area contributed by atoms with Crippen LogP contribution >= 0.6 is 11.3 Å². The summed E-state index contributed by atoms with van der Waals surface area (Å²) in [6.07, 6.45) is 4.11. The second-order valence-electron chi connectivity index (χ2n) is 8.85. The van der Waals surface area contributed by atoms with E-state index in [1.54, 1.807) is 42.5 Å². The van der Waals surface area contributed by atoms with E-state index < -0.39 is 5.92 Å². The van der Waals surface area contributed by atoms with E-state index in [4.69, 9.17) is 14.2 Å². The number of esters is 1. The van der Waals surface area contributed by atoms with Crippen molar-refractivity contribution in [2.75, 3.05) is 24.0 Å². The maximum atomic E-state index is 13.1. The van der Waals surface area contributed by atoms with E-state index in [-0.39, 0.29) is 24.6 Å². The van der Waals surface area contributed by atoms with E-state index in [9.17, 15) is 14.4 Å². The number of ether oxygens (including phenoxy) is 3. The lowest BCUT2D eigenvalue weighted by Gasteiger charge is -2.20. The van der Waals surface area contributed by atoms with Gasteiger partial charge in [0.15, 0.2) is 16.6 Å². The molecule has 9 nitrogen and oxygen atoms in total. The first-order chi connectivity index (χ1) is 18.0. The molecule has 5 rings (SSSR count). The molecule has 1 aromatic heterocycles. The van der Waals surface area contributed by atoms with Gasteiger partial charge in [-0.25, -0.2) is 9.78 Å². The summed E-state index contributed by atoms with van der Waals surface area (Å²) in [5, 5.41) is 6.24. The van der Waals surface area contributed by atoms with Crippen molar-refractivity contribution in [3.8, 4) is 11.5 Å². The average Bonchev–Trinajstić information content (AvgIpc) is 3.55. The number of fused-ring (bicyclic) bond motifs is 2. The molecule has 1 aliphatic heterocycles. The zero-order chi connectivity index (χ0) is 25.8. The molecular weight excluding hydrogens is 494 g/mol. The third-order valence-electron chi connectivity index (χ3n) is 6.25. The van der Waals surface area contributed by atoms with Gasteiger partial charge in [-0.3, -0.25) is 14.9 Å². The van der Waals surface area contributed by atoms with Crippen LogP contribution in [-0.2, 0) is 16.0 Å². The Balaban J connectivity index is 1.23. The van der Waals surface area contributed by atoms with E-state index in [2.05, 4.69) is 15.6 Å². The van der Waals surface area contributed by atoms with E-state index in [1.165, 1.54) is 11.3 Å². The number of aryl methyl sites for hydroxylation is 1. The number of anilines is 2. The first-order valence-corrected chi connectivity index (χ1v) is 13.1. The van der Waals surface area contributed by atoms with Crippen molar-refractivity contribution in [3.05, 3.63) is 64.2 Å². The van der Waals surface area contributed by atoms with Crippen LogP contribution in [0.1, 0.15) is 69.8 Å². The number of rotatable bonds is 8. The van der Waals surface area contributed by atoms with Crippen molar-refractivity contribution in [1.82, 2.24) is 4.98 Å². The SMILES string of the molecule is CCCCOC(=O)c1ccc(NC(=O)C2CCCc3sc(NC(=O)c4ccc5c(c4)OCO5)nc32)cc1. The summed E-state index contributed by atoms with van der Waals surface area (Å²) in [6, 6.07) is 11.7. The third-order valence-corrected chi connectivity index (χ3v) is 7.29. The van der Waals surface area contributed by atoms with Gasteiger partial charge in [-0.1, -0.05) is 13.3 Å². The van der Waals surface area contributed by atoms with Gasteiger partial charge in [0.25, 0.3) is 5.91 Å². The van der Waals surface area contributed by atoms with Gasteiger partial charge in [0.2, 0.25) is 12.7 Å². The van der Waals surface area contributed by atoms with Crippen LogP contribution in [0.3, 0.4) is 0 Å². The molecule has 1 atom stereocenters. The zero-order valence-electron chi connectivity index (χ0n) is 20.4. The predicted molar refractivity (Wildman–Crippen MR) is 139 cm³/mol. The maximum absolute atomic E-state index is 13.1. The Morgan fingerprint density at radius 3 is 2.65 bits per heavy atom. The van der Waals surface area contributed by atoms with Crippen molar-refractivity contribution in [1.29, 1.82) is 0 Å². The highest BCUT2D eigenvalue weighted by Crippen LogP contribution is 2.38. The van der Waals surface area contributed by atoms with Gasteiger partial charge in [0.1, 0.15) is 0 Å². The molecule has 1 aliphatic carbocycles. The molecule has 3 aromatic rings. The Bertz CT molecular complexity index is 1320. The largest absolute Gasteiger partial charge is 0.462 e. The third kappa shape index (κ3) is 5.59. The molecule has 0 saturated carbocycles. The molecule has 10 heteroatoms. The van der Waals surface area contributed by atoms with Crippen LogP contribution in [-0.4, -0.2) is 36.2 Å². The summed E-state index contributed by atoms with van der Waals surface area (Å²) >= 11 is 1.39. The van der Waals surface area contributed by atoms with Gasteiger partial charge in [-0.15, -0.1) is 11.3 Å². The number of aromatic nitrogens is 1. The van der Waals surface area contributed by atoms with Crippen LogP contribution in [0, 0.1) is 0 Å². The number of amides is 2. The highest BCUT2D eigenvalue weighted by Gasteiger charge is 2.31. The Kier molecular flexibility index (Phi) is 7.36. The summed E-state index contributed by atoms with van der Waals surface area (Å²) in [6.45, 7) is 2.56. The van der Waals surface area contributed by atoms with Crippen LogP contribution in [0.15, 0.2) is 42.5 Å². The van der Waals surface area contributed by atoms with Crippen molar-refractivity contribution in [2.45, 2.75) is 44.9 Å². The molecule has 0 fully saturated rings. The molecule has 2 aliphatic rings. The number of benzene rings is 2. The number of nitrogens with one attached hydrogen (secondary N) is 2. The van der Waals surface area contributed by atoms with Gasteiger partial charge >= 0.3 is 5.97 Å². The van der Waals surface area contributed by atoms with E-state index in [0.717, 1.165) is 30.6 Å². The first kappa shape index (κ1) is 24.8. The highest BCUT2D eigenvalue weighted by atomic mass is 32.1. The number of hydrogen-bond donors (Lipinski definition) is 2. The second-order valence-corrected chi connectivity index (χ2v) is 9.93. The first-order valence-electron chi connectivity index (χ1n) is 12.3. The lowest BCUT2D eigenvalue weighted by atomic mass is 9.90. The van der Waals surface area contributed by atoms with Crippen molar-refractivity contribution < 1.29 is 28.6 Å². The van der Waals surface area contributed by atoms with Gasteiger partial charge in [-0.2, -0.15) is 0 Å². The van der Waals surface area contributed by atoms with Crippen molar-refractivity contribution in [2.24, 2.45) is 0 Å². The number of carbonyl (C=O) groups excluding carboxylic acids is 3. The minimum Gasteiger partial charge on any atom is -0.462 e. The lowest BCUT2D eigenvalue weighted by molar-refractivity contribution is -0.117. The Hall–Kier alpha value is -3.92. The highest BCUT2D eigenvalue weighted by molar-refractivity contribution is 7.16. The van der Waals surface area contributed by atoms with E-state index in [1.807, 2.05) is 6.92 Å². The van der Waals surface area contributed by atoms with E-state index >= 15 is 0 Å². The summed E-state index contributed by atoms with van der Waals surface area (Å²) < 4.78 is 15.9. The molecule has 1 unspecified atom stereocenters. The van der Waals surface area contributed by atoms with Gasteiger partial charge in [-0.05, 0) is 68.1 Å². The molecule has 0 saturated heterocycles. The summed E-state index contributed by atoms with van der Waals surface area (Å²) in [5.41, 5.74) is 2.17. The Morgan fingerprint density at radius 1 is 1.05 bits per heavy atom. The quantitative estimate of drug-likeness (QED) is 0.311. The summed E-state index contributed by atoms with van der Waals surface area (Å²) in [7, 11) is 0. The minimum atomic E-state index is -0.421. The number of hydrogen-bond acceptors (Lipinski definition) is 8. The lowest BCUT2D eigenvalue weighted by Crippen LogP contribution is -2.24. The summed E-state index contributed by atoms with van der Waals surface area (Å²) in [4.78, 5) is 43.6. The molecule has 0 bridgehead atoms. The number of unbranched alkanes of at least 4 members (excludes halogenated alkanes) is 1. The van der Waals surface area contributed by atoms with Gasteiger partial charge < -0.3 is 19.5 Å². The molecule has 192 valence electrons. The minimum absolute atomic E-state index is 0.138. The molecule has 0 spiro atoms. The number of nitrogens with zero attached hydrogens (tertiary/aromatic N) is 1. The fourth-order valence-corrected chi connectivity index (χ4v) is 5.31. The topological polar surface area (TPSA) is 116 Å². The van der Waals surface area contributed by atoms with E-state index in [0.29, 0.717) is 52.2 Å². The molecule has 2 amide bonds. The Labute approximate surface area is 218 Å². The molecule has 37 heavy (non-hydrogen) atoms. The van der Waals surface area contributed by atoms with Crippen LogP contribution in [0.25, 0.3) is 0 Å². The van der Waals surface area contributed by atoms with Crippen LogP contribution in [0.2, 0.25) is 0 Å². The van der Waals surface area contributed by atoms with Gasteiger partial charge in [0, 0.05) is 16.1 Å². The second kappa shape index (κ2) is 11.0. The summed E-state index contributed by atoms with van der Waals surface area (Å²) in [5.74, 6) is -0.131. The molecule has 2 heterocycles. The normalized spacial score (nSPS) is 15.5. The van der Waals surface area contributed by atoms with Crippen molar-refractivity contribution in [3.63, 3.8) is 0 Å². The van der Waals surface area contributed by atoms with Crippen LogP contribution < -0.4 is 20.1 Å².